The van der Waals surface area contributed by atoms with Gasteiger partial charge in [0.25, 0.3) is 5.91 Å². The minimum Gasteiger partial charge on any atom is -0.319 e. The van der Waals surface area contributed by atoms with Crippen molar-refractivity contribution in [2.24, 2.45) is 9.98 Å². The van der Waals surface area contributed by atoms with Crippen LogP contribution in [0.4, 0.5) is 10.1 Å². The number of carbonyl (C=O) groups excluding carboxylic acids is 1. The number of benzene rings is 2. The Morgan fingerprint density at radius 3 is 2.68 bits per heavy atom. The Hall–Kier alpha value is -2.69. The zero-order valence-corrected chi connectivity index (χ0v) is 12.1. The van der Waals surface area contributed by atoms with E-state index >= 15 is 0 Å². The quantitative estimate of drug-likeness (QED) is 0.684. The lowest BCUT2D eigenvalue weighted by atomic mass is 10.0. The lowest BCUT2D eigenvalue weighted by molar-refractivity contribution is -0.117. The highest BCUT2D eigenvalue weighted by atomic mass is 32.1. The normalized spacial score (nSPS) is 16.7. The molecule has 0 saturated heterocycles. The third-order valence-corrected chi connectivity index (χ3v) is 3.33. The number of para-hydroxylation sites is 1. The molecule has 0 spiro atoms. The van der Waals surface area contributed by atoms with E-state index in [2.05, 4.69) is 32.7 Å². The van der Waals surface area contributed by atoms with Crippen LogP contribution < -0.4 is 5.32 Å². The number of thiocarbonyl (C=S) groups is 1. The number of aliphatic imine (C=N–C) groups is 2. The minimum atomic E-state index is -1.08. The number of anilines is 1. The lowest BCUT2D eigenvalue weighted by Crippen LogP contribution is -2.23. The maximum Gasteiger partial charge on any atom is 0.272 e. The summed E-state index contributed by atoms with van der Waals surface area (Å²) >= 11 is 4.56. The van der Waals surface area contributed by atoms with Gasteiger partial charge in [0.2, 0.25) is 6.17 Å². The van der Waals surface area contributed by atoms with Gasteiger partial charge in [0.1, 0.15) is 5.82 Å². The van der Waals surface area contributed by atoms with Crippen LogP contribution in [0, 0.1) is 5.82 Å². The maximum absolute atomic E-state index is 14.1. The molecule has 1 amide bonds. The Balaban J connectivity index is 2.26. The number of benzodiazepines with no additional fused rings is 1. The predicted molar refractivity (Wildman–Crippen MR) is 85.9 cm³/mol. The summed E-state index contributed by atoms with van der Waals surface area (Å²) in [6.07, 6.45) is -1.08. The van der Waals surface area contributed by atoms with Gasteiger partial charge in [-0.1, -0.05) is 42.5 Å². The summed E-state index contributed by atoms with van der Waals surface area (Å²) < 4.78 is 14.1. The number of fused-ring (bicyclic) bond motifs is 1. The lowest BCUT2D eigenvalue weighted by Gasteiger charge is -2.10. The van der Waals surface area contributed by atoms with Gasteiger partial charge in [-0.3, -0.25) is 4.79 Å². The van der Waals surface area contributed by atoms with E-state index in [1.807, 2.05) is 30.3 Å². The molecule has 3 rings (SSSR count). The van der Waals surface area contributed by atoms with Gasteiger partial charge < -0.3 is 5.32 Å². The summed E-state index contributed by atoms with van der Waals surface area (Å²) in [7, 11) is 0. The molecule has 108 valence electrons. The van der Waals surface area contributed by atoms with Crippen LogP contribution in [0.15, 0.2) is 58.5 Å². The van der Waals surface area contributed by atoms with Gasteiger partial charge in [-0.05, 0) is 18.3 Å². The first kappa shape index (κ1) is 14.3. The molecule has 2 aromatic carbocycles. The smallest absolute Gasteiger partial charge is 0.272 e. The molecule has 1 aliphatic heterocycles. The van der Waals surface area contributed by atoms with Crippen molar-refractivity contribution < 1.29 is 9.18 Å². The van der Waals surface area contributed by atoms with Crippen molar-refractivity contribution >= 4 is 34.7 Å². The van der Waals surface area contributed by atoms with Gasteiger partial charge in [-0.15, -0.1) is 0 Å². The van der Waals surface area contributed by atoms with E-state index in [9.17, 15) is 9.18 Å². The molecule has 1 N–H and O–H groups in total. The number of amides is 1. The largest absolute Gasteiger partial charge is 0.319 e. The molecule has 1 heterocycles. The first-order valence-electron chi connectivity index (χ1n) is 6.50. The summed E-state index contributed by atoms with van der Waals surface area (Å²) in [6, 6.07) is 13.8. The van der Waals surface area contributed by atoms with E-state index in [-0.39, 0.29) is 5.69 Å². The minimum absolute atomic E-state index is 0.0946. The van der Waals surface area contributed by atoms with Gasteiger partial charge in [-0.2, -0.15) is 4.99 Å². The second kappa shape index (κ2) is 5.97. The zero-order chi connectivity index (χ0) is 15.5. The number of carbonyl (C=O) groups is 1. The second-order valence-electron chi connectivity index (χ2n) is 4.59. The van der Waals surface area contributed by atoms with Crippen molar-refractivity contribution in [1.82, 2.24) is 0 Å². The Labute approximate surface area is 131 Å². The van der Waals surface area contributed by atoms with Crippen LogP contribution >= 0.6 is 12.2 Å². The monoisotopic (exact) mass is 311 g/mol. The molecule has 0 radical (unpaired) electrons. The molecule has 6 heteroatoms. The standard InChI is InChI=1S/C16H10FN3OS/c17-12-8-4-7-11-13(10-5-2-1-3-6-10)19-15(18-9-22)16(21)20-14(11)12/h1-8,15H,(H,20,21). The molecule has 1 unspecified atom stereocenters. The fourth-order valence-electron chi connectivity index (χ4n) is 2.25. The Morgan fingerprint density at radius 1 is 1.18 bits per heavy atom. The van der Waals surface area contributed by atoms with E-state index < -0.39 is 17.9 Å². The molecule has 22 heavy (non-hydrogen) atoms. The average Bonchev–Trinajstić information content (AvgIpc) is 2.67. The molecular weight excluding hydrogens is 301 g/mol. The van der Waals surface area contributed by atoms with E-state index in [4.69, 9.17) is 0 Å². The summed E-state index contributed by atoms with van der Waals surface area (Å²) in [5.74, 6) is -1.07. The van der Waals surface area contributed by atoms with Gasteiger partial charge >= 0.3 is 0 Å². The van der Waals surface area contributed by atoms with E-state index in [0.29, 0.717) is 11.3 Å². The Morgan fingerprint density at radius 2 is 1.95 bits per heavy atom. The molecule has 0 bridgehead atoms. The topological polar surface area (TPSA) is 53.8 Å². The fourth-order valence-corrected chi connectivity index (χ4v) is 2.35. The van der Waals surface area contributed by atoms with Crippen LogP contribution in [0.5, 0.6) is 0 Å². The number of nitrogens with one attached hydrogen (secondary N) is 1. The molecule has 0 aromatic heterocycles. The molecule has 1 atom stereocenters. The maximum atomic E-state index is 14.1. The summed E-state index contributed by atoms with van der Waals surface area (Å²) in [5, 5.41) is 4.67. The van der Waals surface area contributed by atoms with Crippen molar-refractivity contribution in [2.45, 2.75) is 6.17 Å². The third kappa shape index (κ3) is 2.57. The average molecular weight is 311 g/mol. The highest BCUT2D eigenvalue weighted by Crippen LogP contribution is 2.26. The number of rotatable bonds is 2. The van der Waals surface area contributed by atoms with E-state index in [0.717, 1.165) is 5.56 Å². The molecule has 1 aliphatic rings. The van der Waals surface area contributed by atoms with Crippen LogP contribution in [0.2, 0.25) is 0 Å². The Bertz CT molecular complexity index is 813. The highest BCUT2D eigenvalue weighted by Gasteiger charge is 2.26. The van der Waals surface area contributed by atoms with Crippen molar-refractivity contribution in [3.05, 3.63) is 65.5 Å². The molecular formula is C16H10FN3OS. The third-order valence-electron chi connectivity index (χ3n) is 3.23. The number of nitrogens with zero attached hydrogens (tertiary/aromatic N) is 2. The van der Waals surface area contributed by atoms with Crippen LogP contribution in [0.1, 0.15) is 11.1 Å². The first-order valence-corrected chi connectivity index (χ1v) is 6.91. The molecule has 0 saturated carbocycles. The van der Waals surface area contributed by atoms with Crippen molar-refractivity contribution in [1.29, 1.82) is 0 Å². The van der Waals surface area contributed by atoms with Crippen molar-refractivity contribution in [3.63, 3.8) is 0 Å². The van der Waals surface area contributed by atoms with Crippen molar-refractivity contribution in [3.8, 4) is 0 Å². The highest BCUT2D eigenvalue weighted by molar-refractivity contribution is 7.78. The molecule has 0 fully saturated rings. The molecule has 0 aliphatic carbocycles. The number of halogens is 1. The summed E-state index contributed by atoms with van der Waals surface area (Å²) in [6.45, 7) is 0. The van der Waals surface area contributed by atoms with Crippen LogP contribution in [0.25, 0.3) is 0 Å². The van der Waals surface area contributed by atoms with Crippen LogP contribution in [0.3, 0.4) is 0 Å². The van der Waals surface area contributed by atoms with E-state index in [1.54, 1.807) is 12.1 Å². The first-order chi connectivity index (χ1) is 10.7. The molecule has 4 nitrogen and oxygen atoms in total. The van der Waals surface area contributed by atoms with E-state index in [1.165, 1.54) is 6.07 Å². The summed E-state index contributed by atoms with van der Waals surface area (Å²) in [5.41, 5.74) is 1.83. The fraction of sp³-hybridized carbons (Fsp3) is 0.0625. The predicted octanol–water partition coefficient (Wildman–Crippen LogP) is 3.04. The van der Waals surface area contributed by atoms with Gasteiger partial charge in [-0.25, -0.2) is 9.38 Å². The second-order valence-corrected chi connectivity index (χ2v) is 4.77. The summed E-state index contributed by atoms with van der Waals surface area (Å²) in [4.78, 5) is 20.2. The van der Waals surface area contributed by atoms with Crippen molar-refractivity contribution in [2.75, 3.05) is 5.32 Å². The van der Waals surface area contributed by atoms with Gasteiger partial charge in [0.05, 0.1) is 16.6 Å². The van der Waals surface area contributed by atoms with Gasteiger partial charge in [0, 0.05) is 11.1 Å². The zero-order valence-electron chi connectivity index (χ0n) is 11.3. The molecule has 2 aromatic rings. The van der Waals surface area contributed by atoms with Crippen LogP contribution in [-0.4, -0.2) is 22.9 Å². The number of hydrogen-bond donors (Lipinski definition) is 1. The number of isothiocyanates is 1. The van der Waals surface area contributed by atoms with Gasteiger partial charge in [0.15, 0.2) is 0 Å². The van der Waals surface area contributed by atoms with Crippen LogP contribution in [-0.2, 0) is 4.79 Å². The SMILES string of the molecule is O=C1Nc2c(F)cccc2C(c2ccccc2)=NC1N=C=S. The Kier molecular flexibility index (Phi) is 3.87. The number of hydrogen-bond acceptors (Lipinski definition) is 4.